The van der Waals surface area contributed by atoms with Crippen LogP contribution in [-0.2, 0) is 25.8 Å². The van der Waals surface area contributed by atoms with Crippen molar-refractivity contribution >= 4 is 17.6 Å². The molecule has 16 heteroatoms. The molecule has 4 aromatic rings. The molecule has 3 atom stereocenters. The lowest BCUT2D eigenvalue weighted by atomic mass is 9.94. The molecule has 4 rings (SSSR count). The summed E-state index contributed by atoms with van der Waals surface area (Å²) < 4.78 is 21.4. The summed E-state index contributed by atoms with van der Waals surface area (Å²) in [6.07, 6.45) is -3.17. The molecular weight excluding hydrogens is 719 g/mol. The lowest BCUT2D eigenvalue weighted by Gasteiger charge is -2.20. The van der Waals surface area contributed by atoms with Gasteiger partial charge >= 0.3 is 5.97 Å². The van der Waals surface area contributed by atoms with Crippen LogP contribution in [-0.4, -0.2) is 89.8 Å². The zero-order chi connectivity index (χ0) is 39.9. The Morgan fingerprint density at radius 1 is 0.800 bits per heavy atom. The van der Waals surface area contributed by atoms with E-state index >= 15 is 0 Å². The van der Waals surface area contributed by atoms with Gasteiger partial charge in [0.15, 0.2) is 0 Å². The predicted molar refractivity (Wildman–Crippen MR) is 196 cm³/mol. The van der Waals surface area contributed by atoms with E-state index in [1.165, 1.54) is 12.1 Å². The molecule has 0 radical (unpaired) electrons. The Morgan fingerprint density at radius 2 is 1.45 bits per heavy atom. The predicted octanol–water partition coefficient (Wildman–Crippen LogP) is 6.34. The number of carbonyl (C=O) groups is 2. The van der Waals surface area contributed by atoms with Crippen molar-refractivity contribution in [2.75, 3.05) is 18.5 Å². The van der Waals surface area contributed by atoms with Crippen molar-refractivity contribution < 1.29 is 59.4 Å². The highest BCUT2D eigenvalue weighted by molar-refractivity contribution is 6.12. The zero-order valence-corrected chi connectivity index (χ0v) is 30.7. The van der Waals surface area contributed by atoms with Crippen LogP contribution >= 0.6 is 0 Å². The van der Waals surface area contributed by atoms with Gasteiger partial charge < -0.3 is 24.8 Å². The minimum Gasteiger partial charge on any atom is -0.465 e. The Hall–Kier alpha value is -4.59. The van der Waals surface area contributed by atoms with E-state index in [2.05, 4.69) is 10.2 Å². The number of hydrogen-bond acceptors (Lipinski definition) is 13. The molecule has 0 saturated heterocycles. The standard InChI is InChI=1S/C39H49FN4O11/c1-26(2)37-36(39(48)41-30-12-7-4-8-13-30)35(27-10-5-3-6-11-27)38(28-15-17-29(40)18-16-28)42(37)21-19-31(45)24-32(46)25-34(47)53-23-20-33(55-44(51)52)14-9-22-54-43(49)50/h3-8,10-13,15-18,26,31-33,45-46,49-52H,9,14,19-25H2,1-2H3,(H,41,48). The van der Waals surface area contributed by atoms with Crippen molar-refractivity contribution in [3.05, 3.63) is 102 Å². The topological polar surface area (TPSA) is 207 Å². The molecule has 55 heavy (non-hydrogen) atoms. The Bertz CT molecular complexity index is 1770. The largest absolute Gasteiger partial charge is 0.465 e. The van der Waals surface area contributed by atoms with Gasteiger partial charge in [-0.2, -0.15) is 0 Å². The molecule has 0 aliphatic rings. The average molecular weight is 769 g/mol. The molecule has 1 aromatic heterocycles. The summed E-state index contributed by atoms with van der Waals surface area (Å²) >= 11 is 0. The number of para-hydroxylation sites is 1. The molecular formula is C39H49FN4O11. The number of aliphatic hydroxyl groups is 2. The molecule has 0 aliphatic carbocycles. The van der Waals surface area contributed by atoms with E-state index in [1.54, 1.807) is 24.3 Å². The van der Waals surface area contributed by atoms with Crippen LogP contribution in [0, 0.1) is 5.82 Å². The van der Waals surface area contributed by atoms with Gasteiger partial charge in [-0.3, -0.25) is 35.3 Å². The molecule has 1 heterocycles. The van der Waals surface area contributed by atoms with Gasteiger partial charge in [-0.1, -0.05) is 62.4 Å². The average Bonchev–Trinajstić information content (AvgIpc) is 3.49. The van der Waals surface area contributed by atoms with Crippen LogP contribution in [0.2, 0.25) is 0 Å². The molecule has 298 valence electrons. The highest BCUT2D eigenvalue weighted by atomic mass is 19.1. The van der Waals surface area contributed by atoms with E-state index in [9.17, 15) is 24.2 Å². The van der Waals surface area contributed by atoms with E-state index in [4.69, 9.17) is 30.4 Å². The molecule has 0 fully saturated rings. The third-order valence-electron chi connectivity index (χ3n) is 8.75. The second-order valence-corrected chi connectivity index (χ2v) is 13.2. The number of rotatable bonds is 22. The summed E-state index contributed by atoms with van der Waals surface area (Å²) in [5.74, 6) is -1.68. The van der Waals surface area contributed by atoms with Crippen LogP contribution in [0.25, 0.3) is 22.4 Å². The number of aromatic nitrogens is 1. The highest BCUT2D eigenvalue weighted by Crippen LogP contribution is 2.42. The van der Waals surface area contributed by atoms with Crippen LogP contribution < -0.4 is 5.32 Å². The smallest absolute Gasteiger partial charge is 0.308 e. The monoisotopic (exact) mass is 768 g/mol. The van der Waals surface area contributed by atoms with Crippen LogP contribution in [0.15, 0.2) is 84.9 Å². The number of anilines is 1. The molecule has 7 N–H and O–H groups in total. The van der Waals surface area contributed by atoms with Gasteiger partial charge in [0.25, 0.3) is 5.91 Å². The van der Waals surface area contributed by atoms with Gasteiger partial charge in [-0.15, -0.1) is 0 Å². The van der Waals surface area contributed by atoms with Crippen molar-refractivity contribution in [3.8, 4) is 22.4 Å². The Kier molecular flexibility index (Phi) is 16.9. The molecule has 0 saturated carbocycles. The van der Waals surface area contributed by atoms with Crippen molar-refractivity contribution in [1.82, 2.24) is 15.3 Å². The first kappa shape index (κ1) is 43.1. The van der Waals surface area contributed by atoms with Crippen LogP contribution in [0.1, 0.15) is 74.3 Å². The van der Waals surface area contributed by atoms with E-state index in [1.807, 2.05) is 66.9 Å². The number of benzene rings is 3. The van der Waals surface area contributed by atoms with Crippen molar-refractivity contribution in [3.63, 3.8) is 0 Å². The highest BCUT2D eigenvalue weighted by Gasteiger charge is 2.31. The fraction of sp³-hybridized carbons (Fsp3) is 0.385. The third kappa shape index (κ3) is 13.3. The van der Waals surface area contributed by atoms with Gasteiger partial charge in [0, 0.05) is 29.9 Å². The lowest BCUT2D eigenvalue weighted by Crippen LogP contribution is -2.27. The summed E-state index contributed by atoms with van der Waals surface area (Å²) in [7, 11) is 0. The first-order valence-corrected chi connectivity index (χ1v) is 17.9. The number of hydrogen-bond donors (Lipinski definition) is 7. The van der Waals surface area contributed by atoms with Gasteiger partial charge in [0.1, 0.15) is 5.82 Å². The normalized spacial score (nSPS) is 13.3. The van der Waals surface area contributed by atoms with Gasteiger partial charge in [-0.05, 0) is 79.1 Å². The summed E-state index contributed by atoms with van der Waals surface area (Å²) in [5, 5.41) is 59.2. The van der Waals surface area contributed by atoms with E-state index in [0.29, 0.717) is 33.8 Å². The molecule has 0 spiro atoms. The molecule has 0 bridgehead atoms. The maximum Gasteiger partial charge on any atom is 0.308 e. The van der Waals surface area contributed by atoms with Gasteiger partial charge in [-0.25, -0.2) is 9.23 Å². The van der Waals surface area contributed by atoms with Crippen molar-refractivity contribution in [1.29, 1.82) is 0 Å². The number of nitrogens with one attached hydrogen (secondary N) is 1. The van der Waals surface area contributed by atoms with E-state index in [-0.39, 0.29) is 63.7 Å². The lowest BCUT2D eigenvalue weighted by molar-refractivity contribution is -0.507. The molecule has 1 amide bonds. The SMILES string of the molecule is CC(C)c1c(C(=O)Nc2ccccc2)c(-c2ccccc2)c(-c2ccc(F)cc2)n1CCC(O)CC(O)CC(=O)OCCC(CCCON(O)O)ON(O)O. The minimum atomic E-state index is -1.25. The van der Waals surface area contributed by atoms with E-state index in [0.717, 1.165) is 5.56 Å². The minimum absolute atomic E-state index is 0.0335. The summed E-state index contributed by atoms with van der Waals surface area (Å²) in [4.78, 5) is 36.0. The number of halogens is 1. The number of ether oxygens (including phenoxy) is 1. The van der Waals surface area contributed by atoms with E-state index < -0.39 is 47.3 Å². The number of carbonyl (C=O) groups excluding carboxylic acids is 2. The van der Waals surface area contributed by atoms with Gasteiger partial charge in [0.2, 0.25) is 0 Å². The second kappa shape index (κ2) is 21.5. The first-order chi connectivity index (χ1) is 26.3. The van der Waals surface area contributed by atoms with Crippen LogP contribution in [0.3, 0.4) is 0 Å². The van der Waals surface area contributed by atoms with Crippen LogP contribution in [0.5, 0.6) is 0 Å². The Balaban J connectivity index is 1.51. The molecule has 15 nitrogen and oxygen atoms in total. The maximum atomic E-state index is 14.2. The van der Waals surface area contributed by atoms with Crippen molar-refractivity contribution in [2.45, 2.75) is 83.1 Å². The third-order valence-corrected chi connectivity index (χ3v) is 8.75. The summed E-state index contributed by atoms with van der Waals surface area (Å²) in [6, 6.07) is 24.5. The number of nitrogens with zero attached hydrogens (tertiary/aromatic N) is 3. The second-order valence-electron chi connectivity index (χ2n) is 13.2. The number of aliphatic hydroxyl groups excluding tert-OH is 2. The fourth-order valence-electron chi connectivity index (χ4n) is 6.40. The quantitative estimate of drug-likeness (QED) is 0.0265. The molecule has 3 aromatic carbocycles. The number of esters is 1. The first-order valence-electron chi connectivity index (χ1n) is 17.9. The summed E-state index contributed by atoms with van der Waals surface area (Å²) in [6.45, 7) is 3.83. The maximum absolute atomic E-state index is 14.2. The summed E-state index contributed by atoms with van der Waals surface area (Å²) in [5.41, 5.74) is 4.49. The Morgan fingerprint density at radius 3 is 2.07 bits per heavy atom. The molecule has 0 aliphatic heterocycles. The number of amides is 1. The molecule has 3 unspecified atom stereocenters. The fourth-order valence-corrected chi connectivity index (χ4v) is 6.40. The van der Waals surface area contributed by atoms with Crippen LogP contribution in [0.4, 0.5) is 10.1 Å². The Labute approximate surface area is 318 Å². The van der Waals surface area contributed by atoms with Crippen molar-refractivity contribution in [2.24, 2.45) is 0 Å². The van der Waals surface area contributed by atoms with Gasteiger partial charge in [0.05, 0.1) is 60.0 Å². The zero-order valence-electron chi connectivity index (χ0n) is 30.7.